The van der Waals surface area contributed by atoms with Gasteiger partial charge in [0.25, 0.3) is 0 Å². The lowest BCUT2D eigenvalue weighted by molar-refractivity contribution is -0.483. The van der Waals surface area contributed by atoms with Crippen LogP contribution < -0.4 is 9.47 Å². The Morgan fingerprint density at radius 3 is 2.29 bits per heavy atom. The third-order valence-electron chi connectivity index (χ3n) is 7.26. The number of esters is 1. The van der Waals surface area contributed by atoms with Gasteiger partial charge in [-0.05, 0) is 48.2 Å². The molecule has 41 heavy (non-hydrogen) atoms. The van der Waals surface area contributed by atoms with Crippen molar-refractivity contribution in [2.45, 2.75) is 56.8 Å². The van der Waals surface area contributed by atoms with E-state index in [1.54, 1.807) is 0 Å². The van der Waals surface area contributed by atoms with Crippen molar-refractivity contribution in [1.82, 2.24) is 0 Å². The number of carboxylic acid groups (broad SMARTS) is 1. The van der Waals surface area contributed by atoms with Crippen LogP contribution in [-0.2, 0) is 28.8 Å². The van der Waals surface area contributed by atoms with Crippen molar-refractivity contribution in [1.29, 1.82) is 0 Å². The quantitative estimate of drug-likeness (QED) is 0.160. The van der Waals surface area contributed by atoms with Gasteiger partial charge in [0.05, 0.1) is 19.4 Å². The van der Waals surface area contributed by atoms with Gasteiger partial charge in [0.1, 0.15) is 36.6 Å². The van der Waals surface area contributed by atoms with Crippen molar-refractivity contribution in [2.75, 3.05) is 19.8 Å². The number of rotatable bonds is 11. The van der Waals surface area contributed by atoms with Crippen LogP contribution in [0.1, 0.15) is 50.5 Å². The number of fused-ring (bicyclic) bond motifs is 1. The standard InChI is InChI=1S/C32H34O9/c1-22(29-21-38-32(41-40-29)17-3-2-4-18-32)23-11-13-24(14-12-23)39-28-10-6-7-25-26(28)8-5-9-27(25)36-19-20-37-31(35)16-15-30(33)34/h5-14,29H,1-4,15-21H2,(H,33,34). The fourth-order valence-electron chi connectivity index (χ4n) is 5.01. The van der Waals surface area contributed by atoms with Crippen molar-refractivity contribution < 1.29 is 43.4 Å². The Labute approximate surface area is 238 Å². The van der Waals surface area contributed by atoms with Crippen LogP contribution in [0, 0.1) is 0 Å². The molecule has 0 bridgehead atoms. The van der Waals surface area contributed by atoms with Crippen molar-refractivity contribution in [3.63, 3.8) is 0 Å². The van der Waals surface area contributed by atoms with Gasteiger partial charge in [0.2, 0.25) is 5.79 Å². The summed E-state index contributed by atoms with van der Waals surface area (Å²) in [6, 6.07) is 19.0. The molecule has 1 spiro atoms. The van der Waals surface area contributed by atoms with E-state index in [0.29, 0.717) is 23.9 Å². The summed E-state index contributed by atoms with van der Waals surface area (Å²) in [6.07, 6.45) is 4.26. The molecule has 2 aliphatic rings. The van der Waals surface area contributed by atoms with Gasteiger partial charge >= 0.3 is 11.9 Å². The van der Waals surface area contributed by atoms with E-state index in [1.807, 2.05) is 60.7 Å². The maximum absolute atomic E-state index is 11.6. The Morgan fingerprint density at radius 2 is 1.61 bits per heavy atom. The highest BCUT2D eigenvalue weighted by molar-refractivity contribution is 5.93. The maximum atomic E-state index is 11.6. The lowest BCUT2D eigenvalue weighted by Crippen LogP contribution is -2.46. The van der Waals surface area contributed by atoms with Crippen LogP contribution in [0.15, 0.2) is 67.2 Å². The van der Waals surface area contributed by atoms with Crippen molar-refractivity contribution in [2.24, 2.45) is 0 Å². The molecular formula is C32H34O9. The summed E-state index contributed by atoms with van der Waals surface area (Å²) in [4.78, 5) is 33.6. The molecule has 9 nitrogen and oxygen atoms in total. The minimum Gasteiger partial charge on any atom is -0.489 e. The molecule has 0 aromatic heterocycles. The third-order valence-corrected chi connectivity index (χ3v) is 7.26. The normalized spacial score (nSPS) is 18.1. The summed E-state index contributed by atoms with van der Waals surface area (Å²) in [5.41, 5.74) is 1.69. The van der Waals surface area contributed by atoms with Crippen molar-refractivity contribution in [3.8, 4) is 17.2 Å². The number of aliphatic carboxylic acids is 1. The Morgan fingerprint density at radius 1 is 0.902 bits per heavy atom. The topological polar surface area (TPSA) is 110 Å². The van der Waals surface area contributed by atoms with Gasteiger partial charge in [-0.1, -0.05) is 49.4 Å². The molecular weight excluding hydrogens is 528 g/mol. The first-order chi connectivity index (χ1) is 19.9. The molecule has 1 saturated heterocycles. The molecule has 3 aromatic rings. The third kappa shape index (κ3) is 7.24. The Bertz CT molecular complexity index is 1370. The van der Waals surface area contributed by atoms with Gasteiger partial charge in [-0.2, -0.15) is 0 Å². The van der Waals surface area contributed by atoms with Gasteiger partial charge in [-0.25, -0.2) is 9.78 Å². The summed E-state index contributed by atoms with van der Waals surface area (Å²) in [5.74, 6) is -0.277. The van der Waals surface area contributed by atoms with E-state index in [2.05, 4.69) is 6.58 Å². The van der Waals surface area contributed by atoms with E-state index >= 15 is 0 Å². The fourth-order valence-corrected chi connectivity index (χ4v) is 5.01. The summed E-state index contributed by atoms with van der Waals surface area (Å²) in [6.45, 7) is 4.78. The monoisotopic (exact) mass is 562 g/mol. The number of hydrogen-bond acceptors (Lipinski definition) is 8. The van der Waals surface area contributed by atoms with E-state index < -0.39 is 17.7 Å². The SMILES string of the molecule is C=C(c1ccc(Oc2cccc3c(OCCOC(=O)CCC(=O)O)cccc23)cc1)C1COC2(CCCCC2)OO1. The predicted octanol–water partition coefficient (Wildman–Crippen LogP) is 6.44. The zero-order valence-corrected chi connectivity index (χ0v) is 22.8. The molecule has 1 heterocycles. The Hall–Kier alpha value is -3.92. The van der Waals surface area contributed by atoms with Crippen LogP contribution in [-0.4, -0.2) is 48.8 Å². The number of carbonyl (C=O) groups excluding carboxylic acids is 1. The number of carbonyl (C=O) groups is 2. The van der Waals surface area contributed by atoms with Crippen LogP contribution in [0.4, 0.5) is 0 Å². The molecule has 1 atom stereocenters. The summed E-state index contributed by atoms with van der Waals surface area (Å²) < 4.78 is 23.2. The van der Waals surface area contributed by atoms with Gasteiger partial charge in [0.15, 0.2) is 0 Å². The van der Waals surface area contributed by atoms with E-state index in [1.165, 1.54) is 6.42 Å². The average Bonchev–Trinajstić information content (AvgIpc) is 2.99. The summed E-state index contributed by atoms with van der Waals surface area (Å²) in [5, 5.41) is 10.4. The number of ether oxygens (including phenoxy) is 4. The highest BCUT2D eigenvalue weighted by atomic mass is 17.2. The lowest BCUT2D eigenvalue weighted by atomic mass is 9.94. The second-order valence-corrected chi connectivity index (χ2v) is 10.2. The van der Waals surface area contributed by atoms with E-state index in [-0.39, 0.29) is 32.2 Å². The van der Waals surface area contributed by atoms with Crippen LogP contribution in [0.5, 0.6) is 17.2 Å². The number of benzene rings is 3. The molecule has 9 heteroatoms. The molecule has 0 radical (unpaired) electrons. The Kier molecular flexibility index (Phi) is 9.18. The van der Waals surface area contributed by atoms with Crippen LogP contribution >= 0.6 is 0 Å². The molecule has 2 fully saturated rings. The van der Waals surface area contributed by atoms with Crippen LogP contribution in [0.3, 0.4) is 0 Å². The average molecular weight is 563 g/mol. The zero-order chi connectivity index (χ0) is 28.7. The van der Waals surface area contributed by atoms with Gasteiger partial charge < -0.3 is 24.1 Å². The second-order valence-electron chi connectivity index (χ2n) is 10.2. The number of carboxylic acids is 1. The highest BCUT2D eigenvalue weighted by Gasteiger charge is 2.41. The molecule has 1 N–H and O–H groups in total. The van der Waals surface area contributed by atoms with Gasteiger partial charge in [-0.15, -0.1) is 0 Å². The van der Waals surface area contributed by atoms with Crippen molar-refractivity contribution in [3.05, 3.63) is 72.8 Å². The molecule has 216 valence electrons. The molecule has 1 aliphatic heterocycles. The second kappa shape index (κ2) is 13.2. The molecule has 1 saturated carbocycles. The molecule has 1 aliphatic carbocycles. The predicted molar refractivity (Wildman–Crippen MR) is 151 cm³/mol. The van der Waals surface area contributed by atoms with E-state index in [0.717, 1.165) is 47.6 Å². The number of hydrogen-bond donors (Lipinski definition) is 1. The van der Waals surface area contributed by atoms with Crippen LogP contribution in [0.25, 0.3) is 16.3 Å². The first-order valence-corrected chi connectivity index (χ1v) is 13.9. The van der Waals surface area contributed by atoms with Crippen LogP contribution in [0.2, 0.25) is 0 Å². The Balaban J connectivity index is 1.17. The molecule has 3 aromatic carbocycles. The van der Waals surface area contributed by atoms with E-state index in [9.17, 15) is 9.59 Å². The summed E-state index contributed by atoms with van der Waals surface area (Å²) in [7, 11) is 0. The van der Waals surface area contributed by atoms with E-state index in [4.69, 9.17) is 33.8 Å². The molecule has 0 amide bonds. The van der Waals surface area contributed by atoms with Gasteiger partial charge in [-0.3, -0.25) is 9.59 Å². The minimum atomic E-state index is -1.04. The largest absolute Gasteiger partial charge is 0.489 e. The molecule has 5 rings (SSSR count). The first-order valence-electron chi connectivity index (χ1n) is 13.9. The summed E-state index contributed by atoms with van der Waals surface area (Å²) >= 11 is 0. The minimum absolute atomic E-state index is 0.0215. The van der Waals surface area contributed by atoms with Crippen molar-refractivity contribution >= 4 is 28.3 Å². The lowest BCUT2D eigenvalue weighted by Gasteiger charge is -2.41. The maximum Gasteiger partial charge on any atom is 0.306 e. The zero-order valence-electron chi connectivity index (χ0n) is 22.8. The van der Waals surface area contributed by atoms with Gasteiger partial charge in [0, 0.05) is 23.6 Å². The fraction of sp³-hybridized carbons (Fsp3) is 0.375. The molecule has 1 unspecified atom stereocenters. The first kappa shape index (κ1) is 28.6. The highest BCUT2D eigenvalue weighted by Crippen LogP contribution is 2.38. The smallest absolute Gasteiger partial charge is 0.306 e.